The SMILES string of the molecule is CN=C(NCC1(C)COC1)NC1CCN(Cc2ccc(OC)c(F)c2)CC1. The first-order valence-electron chi connectivity index (χ1n) is 9.61. The zero-order chi connectivity index (χ0) is 19.3. The van der Waals surface area contributed by atoms with Crippen molar-refractivity contribution < 1.29 is 13.9 Å². The van der Waals surface area contributed by atoms with E-state index in [0.29, 0.717) is 11.8 Å². The molecule has 2 N–H and O–H groups in total. The zero-order valence-corrected chi connectivity index (χ0v) is 16.6. The molecule has 0 radical (unpaired) electrons. The fraction of sp³-hybridized carbons (Fsp3) is 0.650. The van der Waals surface area contributed by atoms with E-state index in [1.807, 2.05) is 13.1 Å². The Morgan fingerprint density at radius 1 is 1.37 bits per heavy atom. The molecule has 0 aromatic heterocycles. The van der Waals surface area contributed by atoms with E-state index in [1.54, 1.807) is 12.1 Å². The van der Waals surface area contributed by atoms with Crippen molar-refractivity contribution in [1.29, 1.82) is 0 Å². The van der Waals surface area contributed by atoms with Crippen molar-refractivity contribution in [1.82, 2.24) is 15.5 Å². The van der Waals surface area contributed by atoms with E-state index in [0.717, 1.165) is 63.8 Å². The molecule has 150 valence electrons. The highest BCUT2D eigenvalue weighted by Crippen LogP contribution is 2.25. The van der Waals surface area contributed by atoms with Gasteiger partial charge in [0.05, 0.1) is 20.3 Å². The predicted molar refractivity (Wildman–Crippen MR) is 105 cm³/mol. The summed E-state index contributed by atoms with van der Waals surface area (Å²) in [5.74, 6) is 0.855. The number of aliphatic imine (C=N–C) groups is 1. The second-order valence-electron chi connectivity index (χ2n) is 7.89. The molecule has 0 aliphatic carbocycles. The van der Waals surface area contributed by atoms with Crippen molar-refractivity contribution in [3.63, 3.8) is 0 Å². The lowest BCUT2D eigenvalue weighted by Gasteiger charge is -2.39. The fourth-order valence-corrected chi connectivity index (χ4v) is 3.54. The van der Waals surface area contributed by atoms with Crippen LogP contribution >= 0.6 is 0 Å². The smallest absolute Gasteiger partial charge is 0.191 e. The lowest BCUT2D eigenvalue weighted by Crippen LogP contribution is -2.53. The molecule has 6 nitrogen and oxygen atoms in total. The quantitative estimate of drug-likeness (QED) is 0.586. The molecule has 2 aliphatic heterocycles. The van der Waals surface area contributed by atoms with E-state index in [2.05, 4.69) is 27.4 Å². The Morgan fingerprint density at radius 3 is 2.67 bits per heavy atom. The molecular weight excluding hydrogens is 347 g/mol. The van der Waals surface area contributed by atoms with Gasteiger partial charge in [-0.3, -0.25) is 9.89 Å². The first-order valence-corrected chi connectivity index (χ1v) is 9.61. The van der Waals surface area contributed by atoms with Crippen LogP contribution < -0.4 is 15.4 Å². The van der Waals surface area contributed by atoms with Gasteiger partial charge < -0.3 is 20.1 Å². The van der Waals surface area contributed by atoms with Crippen LogP contribution in [0.15, 0.2) is 23.2 Å². The van der Waals surface area contributed by atoms with Gasteiger partial charge in [-0.05, 0) is 30.5 Å². The normalized spacial score (nSPS) is 20.8. The van der Waals surface area contributed by atoms with Crippen LogP contribution in [0.5, 0.6) is 5.75 Å². The highest BCUT2D eigenvalue weighted by atomic mass is 19.1. The van der Waals surface area contributed by atoms with Crippen LogP contribution in [-0.2, 0) is 11.3 Å². The molecule has 0 unspecified atom stereocenters. The molecule has 1 aromatic rings. The summed E-state index contributed by atoms with van der Waals surface area (Å²) in [6.45, 7) is 7.43. The van der Waals surface area contributed by atoms with Gasteiger partial charge in [0.2, 0.25) is 0 Å². The van der Waals surface area contributed by atoms with Gasteiger partial charge >= 0.3 is 0 Å². The Bertz CT molecular complexity index is 655. The van der Waals surface area contributed by atoms with Crippen LogP contribution in [-0.4, -0.2) is 63.9 Å². The molecule has 0 bridgehead atoms. The summed E-state index contributed by atoms with van der Waals surface area (Å²) in [6, 6.07) is 5.61. The third-order valence-electron chi connectivity index (χ3n) is 5.36. The van der Waals surface area contributed by atoms with E-state index >= 15 is 0 Å². The van der Waals surface area contributed by atoms with Crippen LogP contribution in [0.25, 0.3) is 0 Å². The van der Waals surface area contributed by atoms with Crippen molar-refractivity contribution in [2.45, 2.75) is 32.4 Å². The molecule has 0 atom stereocenters. The Morgan fingerprint density at radius 2 is 2.11 bits per heavy atom. The third-order valence-corrected chi connectivity index (χ3v) is 5.36. The van der Waals surface area contributed by atoms with Gasteiger partial charge in [-0.25, -0.2) is 4.39 Å². The minimum absolute atomic E-state index is 0.217. The summed E-state index contributed by atoms with van der Waals surface area (Å²) in [6.07, 6.45) is 2.08. The molecule has 2 saturated heterocycles. The topological polar surface area (TPSA) is 58.1 Å². The molecule has 2 heterocycles. The van der Waals surface area contributed by atoms with E-state index in [1.165, 1.54) is 7.11 Å². The monoisotopic (exact) mass is 378 g/mol. The summed E-state index contributed by atoms with van der Waals surface area (Å²) in [5.41, 5.74) is 1.20. The number of halogens is 1. The Labute approximate surface area is 161 Å². The van der Waals surface area contributed by atoms with Crippen molar-refractivity contribution in [3.8, 4) is 5.75 Å². The minimum Gasteiger partial charge on any atom is -0.494 e. The highest BCUT2D eigenvalue weighted by molar-refractivity contribution is 5.80. The molecule has 0 amide bonds. The number of rotatable bonds is 6. The average molecular weight is 378 g/mol. The average Bonchev–Trinajstić information content (AvgIpc) is 2.65. The number of ether oxygens (including phenoxy) is 2. The molecular formula is C20H31FN4O2. The molecule has 27 heavy (non-hydrogen) atoms. The molecule has 1 aromatic carbocycles. The Kier molecular flexibility index (Phi) is 6.55. The first-order chi connectivity index (χ1) is 13.0. The van der Waals surface area contributed by atoms with Crippen molar-refractivity contribution in [2.75, 3.05) is 47.0 Å². The summed E-state index contributed by atoms with van der Waals surface area (Å²) in [4.78, 5) is 6.71. The van der Waals surface area contributed by atoms with Crippen LogP contribution in [0.3, 0.4) is 0 Å². The van der Waals surface area contributed by atoms with E-state index in [4.69, 9.17) is 9.47 Å². The zero-order valence-electron chi connectivity index (χ0n) is 16.6. The number of benzene rings is 1. The lowest BCUT2D eigenvalue weighted by atomic mass is 9.89. The van der Waals surface area contributed by atoms with Crippen LogP contribution in [0.2, 0.25) is 0 Å². The summed E-state index contributed by atoms with van der Waals surface area (Å²) in [7, 11) is 3.29. The van der Waals surface area contributed by atoms with Crippen molar-refractivity contribution >= 4 is 5.96 Å². The van der Waals surface area contributed by atoms with Gasteiger partial charge in [0.1, 0.15) is 0 Å². The Balaban J connectivity index is 1.42. The van der Waals surface area contributed by atoms with Crippen molar-refractivity contribution in [2.24, 2.45) is 10.4 Å². The van der Waals surface area contributed by atoms with E-state index in [9.17, 15) is 4.39 Å². The van der Waals surface area contributed by atoms with Gasteiger partial charge in [0.25, 0.3) is 0 Å². The van der Waals surface area contributed by atoms with Crippen LogP contribution in [0.4, 0.5) is 4.39 Å². The van der Waals surface area contributed by atoms with Gasteiger partial charge in [0, 0.05) is 44.7 Å². The molecule has 3 rings (SSSR count). The second kappa shape index (κ2) is 8.89. The standard InChI is InChI=1S/C20H31FN4O2/c1-20(13-27-14-20)12-23-19(22-2)24-16-6-8-25(9-7-16)11-15-4-5-18(26-3)17(21)10-15/h4-5,10,16H,6-9,11-14H2,1-3H3,(H2,22,23,24). The molecule has 0 saturated carbocycles. The van der Waals surface area contributed by atoms with Gasteiger partial charge in [-0.2, -0.15) is 0 Å². The summed E-state index contributed by atoms with van der Waals surface area (Å²) >= 11 is 0. The highest BCUT2D eigenvalue weighted by Gasteiger charge is 2.33. The maximum atomic E-state index is 13.9. The van der Waals surface area contributed by atoms with E-state index < -0.39 is 0 Å². The molecule has 2 fully saturated rings. The lowest BCUT2D eigenvalue weighted by molar-refractivity contribution is -0.0971. The molecule has 7 heteroatoms. The summed E-state index contributed by atoms with van der Waals surface area (Å²) < 4.78 is 24.1. The van der Waals surface area contributed by atoms with Gasteiger partial charge in [-0.1, -0.05) is 13.0 Å². The maximum Gasteiger partial charge on any atom is 0.191 e. The number of nitrogens with zero attached hydrogens (tertiary/aromatic N) is 2. The number of nitrogens with one attached hydrogen (secondary N) is 2. The number of hydrogen-bond donors (Lipinski definition) is 2. The minimum atomic E-state index is -0.299. The van der Waals surface area contributed by atoms with Gasteiger partial charge in [-0.15, -0.1) is 0 Å². The predicted octanol–water partition coefficient (Wildman–Crippen LogP) is 2.00. The maximum absolute atomic E-state index is 13.9. The van der Waals surface area contributed by atoms with Crippen LogP contribution in [0.1, 0.15) is 25.3 Å². The fourth-order valence-electron chi connectivity index (χ4n) is 3.54. The molecule has 0 spiro atoms. The van der Waals surface area contributed by atoms with E-state index in [-0.39, 0.29) is 11.2 Å². The first kappa shape index (κ1) is 19.9. The van der Waals surface area contributed by atoms with Crippen LogP contribution in [0, 0.1) is 11.2 Å². The number of methoxy groups -OCH3 is 1. The second-order valence-corrected chi connectivity index (χ2v) is 7.89. The molecule has 2 aliphatic rings. The van der Waals surface area contributed by atoms with Crippen molar-refractivity contribution in [3.05, 3.63) is 29.6 Å². The summed E-state index contributed by atoms with van der Waals surface area (Å²) in [5, 5.41) is 6.95. The Hall–Kier alpha value is -1.86. The number of piperidine rings is 1. The largest absolute Gasteiger partial charge is 0.494 e. The third kappa shape index (κ3) is 5.32. The van der Waals surface area contributed by atoms with Gasteiger partial charge in [0.15, 0.2) is 17.5 Å². The number of hydrogen-bond acceptors (Lipinski definition) is 4. The number of likely N-dealkylation sites (tertiary alicyclic amines) is 1. The number of guanidine groups is 1.